The standard InChI is InChI=1S/C12H27N3/c1-4-8-15(11-7-13-2)12-5-9-14(3)10-6-12/h12-13H,4-11H2,1-3H3. The fraction of sp³-hybridized carbons (Fsp3) is 1.00. The van der Waals surface area contributed by atoms with Crippen molar-refractivity contribution in [3.05, 3.63) is 0 Å². The van der Waals surface area contributed by atoms with E-state index in [1.165, 1.54) is 45.4 Å². The van der Waals surface area contributed by atoms with Crippen LogP contribution >= 0.6 is 0 Å². The van der Waals surface area contributed by atoms with E-state index in [4.69, 9.17) is 0 Å². The van der Waals surface area contributed by atoms with Gasteiger partial charge in [0.25, 0.3) is 0 Å². The Labute approximate surface area is 94.8 Å². The van der Waals surface area contributed by atoms with E-state index in [1.54, 1.807) is 0 Å². The fourth-order valence-corrected chi connectivity index (χ4v) is 2.38. The van der Waals surface area contributed by atoms with Gasteiger partial charge in [-0.05, 0) is 53.0 Å². The van der Waals surface area contributed by atoms with Gasteiger partial charge in [0.1, 0.15) is 0 Å². The highest BCUT2D eigenvalue weighted by Crippen LogP contribution is 2.15. The molecule has 0 aliphatic carbocycles. The number of hydrogen-bond acceptors (Lipinski definition) is 3. The maximum Gasteiger partial charge on any atom is 0.0120 e. The molecule has 0 spiro atoms. The molecule has 0 amide bonds. The van der Waals surface area contributed by atoms with Crippen molar-refractivity contribution in [3.8, 4) is 0 Å². The van der Waals surface area contributed by atoms with Gasteiger partial charge in [0.2, 0.25) is 0 Å². The third-order valence-electron chi connectivity index (χ3n) is 3.36. The number of likely N-dealkylation sites (tertiary alicyclic amines) is 1. The van der Waals surface area contributed by atoms with Crippen LogP contribution in [0.25, 0.3) is 0 Å². The molecule has 3 nitrogen and oxygen atoms in total. The Morgan fingerprint density at radius 2 is 1.93 bits per heavy atom. The summed E-state index contributed by atoms with van der Waals surface area (Å²) in [7, 11) is 4.27. The van der Waals surface area contributed by atoms with E-state index in [2.05, 4.69) is 29.1 Å². The quantitative estimate of drug-likeness (QED) is 0.710. The fourth-order valence-electron chi connectivity index (χ4n) is 2.38. The highest BCUT2D eigenvalue weighted by atomic mass is 15.2. The molecule has 1 heterocycles. The van der Waals surface area contributed by atoms with E-state index < -0.39 is 0 Å². The van der Waals surface area contributed by atoms with E-state index in [0.29, 0.717) is 0 Å². The minimum Gasteiger partial charge on any atom is -0.318 e. The lowest BCUT2D eigenvalue weighted by atomic mass is 10.0. The molecule has 0 radical (unpaired) electrons. The average molecular weight is 213 g/mol. The summed E-state index contributed by atoms with van der Waals surface area (Å²) in [6, 6.07) is 0.828. The second kappa shape index (κ2) is 7.20. The van der Waals surface area contributed by atoms with Crippen molar-refractivity contribution in [3.63, 3.8) is 0 Å². The third kappa shape index (κ3) is 4.49. The molecule has 0 aromatic rings. The number of rotatable bonds is 6. The molecule has 0 atom stereocenters. The van der Waals surface area contributed by atoms with E-state index in [0.717, 1.165) is 12.6 Å². The van der Waals surface area contributed by atoms with Crippen LogP contribution in [0.2, 0.25) is 0 Å². The molecule has 1 rings (SSSR count). The Bertz CT molecular complexity index is 153. The van der Waals surface area contributed by atoms with Gasteiger partial charge in [-0.1, -0.05) is 6.92 Å². The van der Waals surface area contributed by atoms with Gasteiger partial charge in [0.05, 0.1) is 0 Å². The summed E-state index contributed by atoms with van der Waals surface area (Å²) in [6.45, 7) is 8.40. The molecule has 0 bridgehead atoms. The van der Waals surface area contributed by atoms with Gasteiger partial charge in [-0.15, -0.1) is 0 Å². The van der Waals surface area contributed by atoms with Crippen LogP contribution in [0.1, 0.15) is 26.2 Å². The van der Waals surface area contributed by atoms with Crippen molar-refractivity contribution >= 4 is 0 Å². The maximum absolute atomic E-state index is 3.25. The SMILES string of the molecule is CCCN(CCNC)C1CCN(C)CC1. The van der Waals surface area contributed by atoms with E-state index >= 15 is 0 Å². The van der Waals surface area contributed by atoms with Gasteiger partial charge in [0, 0.05) is 19.1 Å². The molecular formula is C12H27N3. The average Bonchev–Trinajstić information content (AvgIpc) is 2.25. The first kappa shape index (κ1) is 12.9. The molecule has 1 N–H and O–H groups in total. The number of piperidine rings is 1. The van der Waals surface area contributed by atoms with Gasteiger partial charge in [-0.3, -0.25) is 4.90 Å². The van der Waals surface area contributed by atoms with Crippen molar-refractivity contribution in [1.29, 1.82) is 0 Å². The Morgan fingerprint density at radius 3 is 2.47 bits per heavy atom. The number of nitrogens with one attached hydrogen (secondary N) is 1. The van der Waals surface area contributed by atoms with Gasteiger partial charge in [0.15, 0.2) is 0 Å². The lowest BCUT2D eigenvalue weighted by molar-refractivity contribution is 0.122. The predicted molar refractivity (Wildman–Crippen MR) is 66.3 cm³/mol. The summed E-state index contributed by atoms with van der Waals surface area (Å²) in [5.41, 5.74) is 0. The highest BCUT2D eigenvalue weighted by molar-refractivity contribution is 4.78. The van der Waals surface area contributed by atoms with Crippen LogP contribution in [0.4, 0.5) is 0 Å². The molecule has 0 aromatic carbocycles. The number of hydrogen-bond donors (Lipinski definition) is 1. The first-order valence-corrected chi connectivity index (χ1v) is 6.35. The van der Waals surface area contributed by atoms with E-state index in [9.17, 15) is 0 Å². The highest BCUT2D eigenvalue weighted by Gasteiger charge is 2.21. The molecule has 3 heteroatoms. The molecule has 1 saturated heterocycles. The van der Waals surface area contributed by atoms with E-state index in [-0.39, 0.29) is 0 Å². The largest absolute Gasteiger partial charge is 0.318 e. The van der Waals surface area contributed by atoms with Gasteiger partial charge in [-0.25, -0.2) is 0 Å². The summed E-state index contributed by atoms with van der Waals surface area (Å²) in [5.74, 6) is 0. The van der Waals surface area contributed by atoms with Crippen molar-refractivity contribution in [2.24, 2.45) is 0 Å². The zero-order valence-corrected chi connectivity index (χ0v) is 10.6. The van der Waals surface area contributed by atoms with Gasteiger partial charge < -0.3 is 10.2 Å². The third-order valence-corrected chi connectivity index (χ3v) is 3.36. The van der Waals surface area contributed by atoms with Crippen LogP contribution in [0, 0.1) is 0 Å². The summed E-state index contributed by atoms with van der Waals surface area (Å²) >= 11 is 0. The summed E-state index contributed by atoms with van der Waals surface area (Å²) in [6.07, 6.45) is 3.97. The Balaban J connectivity index is 2.33. The lowest BCUT2D eigenvalue weighted by Crippen LogP contribution is -2.46. The molecule has 0 aromatic heterocycles. The van der Waals surface area contributed by atoms with Crippen molar-refractivity contribution in [1.82, 2.24) is 15.1 Å². The predicted octanol–water partition coefficient (Wildman–Crippen LogP) is 1.01. The molecule has 15 heavy (non-hydrogen) atoms. The van der Waals surface area contributed by atoms with Crippen molar-refractivity contribution < 1.29 is 0 Å². The molecule has 1 aliphatic heterocycles. The van der Waals surface area contributed by atoms with Crippen molar-refractivity contribution in [2.75, 3.05) is 46.8 Å². The lowest BCUT2D eigenvalue weighted by Gasteiger charge is -2.37. The molecule has 0 unspecified atom stereocenters. The van der Waals surface area contributed by atoms with Gasteiger partial charge >= 0.3 is 0 Å². The normalized spacial score (nSPS) is 20.0. The van der Waals surface area contributed by atoms with Crippen LogP contribution in [0.3, 0.4) is 0 Å². The first-order chi connectivity index (χ1) is 7.27. The van der Waals surface area contributed by atoms with Crippen molar-refractivity contribution in [2.45, 2.75) is 32.2 Å². The van der Waals surface area contributed by atoms with Crippen LogP contribution in [0.15, 0.2) is 0 Å². The monoisotopic (exact) mass is 213 g/mol. The Morgan fingerprint density at radius 1 is 1.27 bits per heavy atom. The van der Waals surface area contributed by atoms with Crippen LogP contribution in [-0.2, 0) is 0 Å². The van der Waals surface area contributed by atoms with Crippen LogP contribution in [-0.4, -0.2) is 62.7 Å². The molecule has 0 saturated carbocycles. The minimum absolute atomic E-state index is 0.828. The van der Waals surface area contributed by atoms with Crippen LogP contribution < -0.4 is 5.32 Å². The molecule has 1 fully saturated rings. The Kier molecular flexibility index (Phi) is 6.22. The minimum atomic E-state index is 0.828. The molecule has 1 aliphatic rings. The van der Waals surface area contributed by atoms with Crippen LogP contribution in [0.5, 0.6) is 0 Å². The van der Waals surface area contributed by atoms with Gasteiger partial charge in [-0.2, -0.15) is 0 Å². The summed E-state index contributed by atoms with van der Waals surface area (Å²) < 4.78 is 0. The zero-order chi connectivity index (χ0) is 11.1. The summed E-state index contributed by atoms with van der Waals surface area (Å²) in [5, 5.41) is 3.25. The topological polar surface area (TPSA) is 18.5 Å². The smallest absolute Gasteiger partial charge is 0.0120 e. The van der Waals surface area contributed by atoms with E-state index in [1.807, 2.05) is 7.05 Å². The zero-order valence-electron chi connectivity index (χ0n) is 10.6. The second-order valence-corrected chi connectivity index (χ2v) is 4.67. The first-order valence-electron chi connectivity index (χ1n) is 6.35. The second-order valence-electron chi connectivity index (χ2n) is 4.67. The summed E-state index contributed by atoms with van der Waals surface area (Å²) in [4.78, 5) is 5.11. The molecule has 90 valence electrons. The number of likely N-dealkylation sites (N-methyl/N-ethyl adjacent to an activating group) is 1. The maximum atomic E-state index is 3.25. The Hall–Kier alpha value is -0.120. The molecular weight excluding hydrogens is 186 g/mol. The number of nitrogens with zero attached hydrogens (tertiary/aromatic N) is 2.